The van der Waals surface area contributed by atoms with Gasteiger partial charge in [0.05, 0.1) is 11.6 Å². The molecule has 0 aliphatic carbocycles. The number of ether oxygens (including phenoxy) is 2. The van der Waals surface area contributed by atoms with Gasteiger partial charge in [-0.25, -0.2) is 14.4 Å². The number of halogens is 1. The average Bonchev–Trinajstić information content (AvgIpc) is 3.36. The number of nitrogens with zero attached hydrogens (tertiary/aromatic N) is 2. The van der Waals surface area contributed by atoms with Crippen LogP contribution in [0.4, 0.5) is 4.79 Å². The van der Waals surface area contributed by atoms with Crippen LogP contribution in [0, 0.1) is 0 Å². The number of esters is 1. The Hall–Kier alpha value is -3.09. The van der Waals surface area contributed by atoms with Gasteiger partial charge in [0.25, 0.3) is 11.8 Å². The van der Waals surface area contributed by atoms with Gasteiger partial charge in [-0.2, -0.15) is 0 Å². The molecule has 0 aromatic carbocycles. The summed E-state index contributed by atoms with van der Waals surface area (Å²) in [6.45, 7) is 12.9. The monoisotopic (exact) mass is 689 g/mol. The first-order valence-electron chi connectivity index (χ1n) is 13.7. The number of oxime groups is 1. The third kappa shape index (κ3) is 8.80. The maximum Gasteiger partial charge on any atom is 0.409 e. The van der Waals surface area contributed by atoms with E-state index in [1.165, 1.54) is 19.3 Å². The van der Waals surface area contributed by atoms with Crippen molar-refractivity contribution in [2.45, 2.75) is 89.1 Å². The number of carbonyl (C=O) groups excluding carboxylic acids is 5. The normalized spacial score (nSPS) is 23.6. The van der Waals surface area contributed by atoms with E-state index in [2.05, 4.69) is 21.1 Å². The van der Waals surface area contributed by atoms with Crippen molar-refractivity contribution in [1.29, 1.82) is 0 Å². The molecule has 0 spiro atoms. The lowest BCUT2D eigenvalue weighted by Gasteiger charge is -2.49. The van der Waals surface area contributed by atoms with Crippen LogP contribution < -0.4 is 16.0 Å². The first kappa shape index (κ1) is 36.4. The van der Waals surface area contributed by atoms with Crippen molar-refractivity contribution in [2.75, 3.05) is 11.6 Å². The quantitative estimate of drug-likeness (QED) is 0.0576. The van der Waals surface area contributed by atoms with E-state index in [1.54, 1.807) is 41.5 Å². The first-order valence-corrected chi connectivity index (χ1v) is 16.5. The van der Waals surface area contributed by atoms with Gasteiger partial charge in [0.1, 0.15) is 22.7 Å². The van der Waals surface area contributed by atoms with Crippen LogP contribution in [0.1, 0.15) is 55.4 Å². The summed E-state index contributed by atoms with van der Waals surface area (Å²) in [6, 6.07) is -1.30. The highest BCUT2D eigenvalue weighted by atomic mass is 35.5. The second-order valence-electron chi connectivity index (χ2n) is 12.5. The summed E-state index contributed by atoms with van der Waals surface area (Å²) in [5, 5.41) is 12.4. The predicted octanol–water partition coefficient (Wildman–Crippen LogP) is 0.465. The van der Waals surface area contributed by atoms with Crippen LogP contribution in [0.3, 0.4) is 0 Å². The minimum atomic E-state index is -1.72. The molecule has 1 saturated heterocycles. The summed E-state index contributed by atoms with van der Waals surface area (Å²) >= 11 is 5.30. The van der Waals surface area contributed by atoms with Crippen molar-refractivity contribution in [2.24, 2.45) is 5.16 Å². The fourth-order valence-corrected chi connectivity index (χ4v) is 6.85. The highest BCUT2D eigenvalue weighted by molar-refractivity contribution is 8.03. The Labute approximate surface area is 274 Å². The Bertz CT molecular complexity index is 1340. The Morgan fingerprint density at radius 3 is 2.31 bits per heavy atom. The number of amides is 3. The summed E-state index contributed by atoms with van der Waals surface area (Å²) in [4.78, 5) is 70.9. The van der Waals surface area contributed by atoms with Gasteiger partial charge in [-0.05, 0) is 66.6 Å². The average molecular weight is 690 g/mol. The van der Waals surface area contributed by atoms with Gasteiger partial charge in [0, 0.05) is 11.0 Å². The van der Waals surface area contributed by atoms with Gasteiger partial charge in [0.15, 0.2) is 17.3 Å². The molecule has 3 rings (SSSR count). The molecule has 0 aromatic heterocycles. The second kappa shape index (κ2) is 13.7. The molecular formula is C26H37BClN5O10S2. The molecule has 15 nitrogen and oxygen atoms in total. The number of β-lactam (4-membered cyclic amide) rings is 1. The smallest absolute Gasteiger partial charge is 0.409 e. The Morgan fingerprint density at radius 2 is 1.76 bits per heavy atom. The molecule has 0 saturated carbocycles. The molecule has 3 aliphatic heterocycles. The molecule has 3 amide bonds. The molecule has 0 radical (unpaired) electrons. The van der Waals surface area contributed by atoms with Crippen LogP contribution in [0.15, 0.2) is 27.5 Å². The second-order valence-corrected chi connectivity index (χ2v) is 15.3. The number of rotatable bonds is 9. The maximum absolute atomic E-state index is 13.6. The van der Waals surface area contributed by atoms with E-state index in [9.17, 15) is 28.5 Å². The zero-order valence-corrected chi connectivity index (χ0v) is 28.8. The number of alkyl carbamates (subject to hydrolysis) is 1. The van der Waals surface area contributed by atoms with E-state index >= 15 is 0 Å². The fourth-order valence-electron chi connectivity index (χ4n) is 4.02. The molecule has 3 N–H and O–H groups in total. The van der Waals surface area contributed by atoms with Crippen molar-refractivity contribution >= 4 is 78.1 Å². The minimum absolute atomic E-state index is 0.0755. The summed E-state index contributed by atoms with van der Waals surface area (Å²) in [6.07, 6.45) is -0.724. The molecule has 1 fully saturated rings. The number of hydrogen-bond acceptors (Lipinski definition) is 13. The number of nitrogens with one attached hydrogen (secondary N) is 3. The van der Waals surface area contributed by atoms with Gasteiger partial charge in [-0.15, -0.1) is 11.6 Å². The molecule has 0 aromatic rings. The first-order chi connectivity index (χ1) is 20.7. The van der Waals surface area contributed by atoms with Crippen LogP contribution in [-0.4, -0.2) is 98.4 Å². The van der Waals surface area contributed by atoms with Crippen LogP contribution in [0.25, 0.3) is 0 Å². The number of hydrogen-bond donors (Lipinski definition) is 3. The maximum atomic E-state index is 13.6. The molecule has 2 unspecified atom stereocenters. The third-order valence-corrected chi connectivity index (χ3v) is 8.87. The number of carbonyl (C=O) groups is 5. The molecule has 0 bridgehead atoms. The highest BCUT2D eigenvalue weighted by Crippen LogP contribution is 2.37. The molecule has 3 aliphatic rings. The van der Waals surface area contributed by atoms with E-state index in [4.69, 9.17) is 30.6 Å². The Balaban J connectivity index is 1.86. The fraction of sp³-hybridized carbons (Fsp3) is 0.615. The van der Waals surface area contributed by atoms with E-state index in [-0.39, 0.29) is 28.6 Å². The minimum Gasteiger partial charge on any atom is -0.614 e. The molecule has 19 heteroatoms. The van der Waals surface area contributed by atoms with Crippen molar-refractivity contribution < 1.29 is 47.5 Å². The Kier molecular flexibility index (Phi) is 11.1. The molecule has 248 valence electrons. The Morgan fingerprint density at radius 1 is 1.13 bits per heavy atom. The summed E-state index contributed by atoms with van der Waals surface area (Å²) in [5.74, 6) is -3.50. The van der Waals surface area contributed by atoms with Crippen molar-refractivity contribution in [3.63, 3.8) is 0 Å². The van der Waals surface area contributed by atoms with E-state index < -0.39 is 80.5 Å². The van der Waals surface area contributed by atoms with Crippen molar-refractivity contribution in [1.82, 2.24) is 20.9 Å². The largest absolute Gasteiger partial charge is 0.614 e. The van der Waals surface area contributed by atoms with E-state index in [0.717, 1.165) is 24.7 Å². The van der Waals surface area contributed by atoms with Gasteiger partial charge >= 0.3 is 26.1 Å². The van der Waals surface area contributed by atoms with Crippen molar-refractivity contribution in [3.05, 3.63) is 22.4 Å². The SMILES string of the molecule is BOC(=O)C1=C(CCl)C[S+]([O-])[C@@H]2[C@H](NC(=O)/C(=N\OC(C)(C)C(=O)OC(C)(C)C)C3=CSC(NC(=O)OC(C)(C)C)N3)C(=O)N12. The topological polar surface area (TPSA) is 197 Å². The lowest BCUT2D eigenvalue weighted by atomic mass is 10.0. The van der Waals surface area contributed by atoms with Crippen LogP contribution in [0.5, 0.6) is 0 Å². The van der Waals surface area contributed by atoms with Gasteiger partial charge < -0.3 is 34.2 Å². The van der Waals surface area contributed by atoms with Crippen LogP contribution in [0.2, 0.25) is 0 Å². The number of fused-ring (bicyclic) bond motifs is 1. The van der Waals surface area contributed by atoms with Crippen molar-refractivity contribution in [3.8, 4) is 0 Å². The molecule has 45 heavy (non-hydrogen) atoms. The molecule has 4 atom stereocenters. The zero-order valence-electron chi connectivity index (χ0n) is 26.4. The van der Waals surface area contributed by atoms with Crippen LogP contribution in [-0.2, 0) is 49.3 Å². The lowest BCUT2D eigenvalue weighted by Crippen LogP contribution is -2.75. The summed E-state index contributed by atoms with van der Waals surface area (Å²) in [7, 11) is 1.14. The molecule has 3 heterocycles. The summed E-state index contributed by atoms with van der Waals surface area (Å²) in [5.41, 5.74) is -4.18. The predicted molar refractivity (Wildman–Crippen MR) is 168 cm³/mol. The highest BCUT2D eigenvalue weighted by Gasteiger charge is 2.61. The molecular weight excluding hydrogens is 653 g/mol. The van der Waals surface area contributed by atoms with Gasteiger partial charge in [0.2, 0.25) is 11.0 Å². The lowest BCUT2D eigenvalue weighted by molar-refractivity contribution is -0.179. The van der Waals surface area contributed by atoms with Gasteiger partial charge in [-0.3, -0.25) is 19.8 Å². The zero-order chi connectivity index (χ0) is 34.1. The third-order valence-electron chi connectivity index (χ3n) is 6.01. The van der Waals surface area contributed by atoms with E-state index in [1.807, 2.05) is 0 Å². The standard InChI is InChI=1S/C26H37BClN5O10S2/c1-24(2,3)40-21(37)26(7,8)43-32-14(13-10-44-22(29-13)31-23(38)41-25(4,5)6)17(34)30-15-18(35)33-16(20(36)42-27)12(9-28)11-45(39)19(15)33/h10,15,19,22,29H,9,11,27H2,1-8H3,(H,30,34)(H,31,38)/b32-14-/t15-,19-,22?,45?/m1/s1. The van der Waals surface area contributed by atoms with Gasteiger partial charge in [-0.1, -0.05) is 16.9 Å². The number of alkyl halides is 1. The van der Waals surface area contributed by atoms with E-state index in [0.29, 0.717) is 0 Å². The van der Waals surface area contributed by atoms with Crippen LogP contribution >= 0.6 is 23.4 Å². The number of thioether (sulfide) groups is 1. The summed E-state index contributed by atoms with van der Waals surface area (Å²) < 4.78 is 28.5.